The topological polar surface area (TPSA) is 86.4 Å². The van der Waals surface area contributed by atoms with Crippen molar-refractivity contribution in [1.29, 1.82) is 0 Å². The Labute approximate surface area is 135 Å². The van der Waals surface area contributed by atoms with Crippen LogP contribution in [0.4, 0.5) is 4.39 Å². The zero-order chi connectivity index (χ0) is 16.4. The Bertz CT molecular complexity index is 949. The third-order valence-electron chi connectivity index (χ3n) is 3.09. The highest BCUT2D eigenvalue weighted by molar-refractivity contribution is 7.71. The monoisotopic (exact) mass is 330 g/mol. The van der Waals surface area contributed by atoms with Gasteiger partial charge in [0.2, 0.25) is 4.77 Å². The fourth-order valence-corrected chi connectivity index (χ4v) is 2.14. The molecule has 0 saturated heterocycles. The second-order valence-corrected chi connectivity index (χ2v) is 5.02. The van der Waals surface area contributed by atoms with E-state index in [9.17, 15) is 14.6 Å². The van der Waals surface area contributed by atoms with Crippen LogP contribution in [0.2, 0.25) is 0 Å². The second kappa shape index (κ2) is 6.01. The largest absolute Gasteiger partial charge is 0.504 e. The molecule has 3 N–H and O–H groups in total. The van der Waals surface area contributed by atoms with E-state index in [2.05, 4.69) is 15.3 Å². The van der Waals surface area contributed by atoms with Crippen molar-refractivity contribution in [2.24, 2.45) is 5.10 Å². The minimum Gasteiger partial charge on any atom is -0.504 e. The summed E-state index contributed by atoms with van der Waals surface area (Å²) in [6, 6.07) is 10.4. The first kappa shape index (κ1) is 14.9. The predicted octanol–water partition coefficient (Wildman–Crippen LogP) is 3.04. The Morgan fingerprint density at radius 1 is 1.17 bits per heavy atom. The summed E-state index contributed by atoms with van der Waals surface area (Å²) in [6.45, 7) is 0. The van der Waals surface area contributed by atoms with Crippen molar-refractivity contribution < 1.29 is 14.6 Å². The SMILES string of the molecule is Oc1ccc(/C=N\n2c(-c3ccccc3F)n[nH]c2=S)cc1O. The normalized spacial score (nSPS) is 11.2. The summed E-state index contributed by atoms with van der Waals surface area (Å²) in [5.41, 5.74) is 0.786. The van der Waals surface area contributed by atoms with Gasteiger partial charge in [0.05, 0.1) is 11.8 Å². The average molecular weight is 330 g/mol. The molecule has 6 nitrogen and oxygen atoms in total. The maximum atomic E-state index is 13.9. The molecule has 0 aliphatic heterocycles. The number of aromatic hydroxyl groups is 2. The van der Waals surface area contributed by atoms with Crippen LogP contribution in [0.15, 0.2) is 47.6 Å². The Kier molecular flexibility index (Phi) is 3.90. The quantitative estimate of drug-likeness (QED) is 0.391. The molecule has 0 atom stereocenters. The number of aromatic amines is 1. The summed E-state index contributed by atoms with van der Waals surface area (Å²) in [7, 11) is 0. The molecule has 0 amide bonds. The number of aromatic nitrogens is 3. The summed E-state index contributed by atoms with van der Waals surface area (Å²) in [6.07, 6.45) is 1.41. The molecule has 1 aromatic heterocycles. The van der Waals surface area contributed by atoms with Crippen LogP contribution in [-0.4, -0.2) is 31.3 Å². The molecule has 0 spiro atoms. The fourth-order valence-electron chi connectivity index (χ4n) is 1.96. The highest BCUT2D eigenvalue weighted by Gasteiger charge is 2.12. The molecule has 0 aliphatic rings. The van der Waals surface area contributed by atoms with Gasteiger partial charge in [-0.15, -0.1) is 0 Å². The number of nitrogens with one attached hydrogen (secondary N) is 1. The number of hydrogen-bond acceptors (Lipinski definition) is 5. The minimum absolute atomic E-state index is 0.197. The maximum absolute atomic E-state index is 13.9. The van der Waals surface area contributed by atoms with E-state index in [0.29, 0.717) is 5.56 Å². The molecule has 2 aromatic carbocycles. The van der Waals surface area contributed by atoms with Gasteiger partial charge in [0.15, 0.2) is 17.3 Å². The lowest BCUT2D eigenvalue weighted by atomic mass is 10.2. The van der Waals surface area contributed by atoms with Gasteiger partial charge in [0.25, 0.3) is 0 Å². The van der Waals surface area contributed by atoms with Gasteiger partial charge in [-0.1, -0.05) is 12.1 Å². The van der Waals surface area contributed by atoms with E-state index in [1.165, 1.54) is 29.1 Å². The predicted molar refractivity (Wildman–Crippen MR) is 85.6 cm³/mol. The van der Waals surface area contributed by atoms with Crippen LogP contribution in [0.5, 0.6) is 11.5 Å². The van der Waals surface area contributed by atoms with Crippen molar-refractivity contribution in [1.82, 2.24) is 14.9 Å². The van der Waals surface area contributed by atoms with Crippen LogP contribution in [0.1, 0.15) is 5.56 Å². The molecular formula is C15H11FN4O2S. The van der Waals surface area contributed by atoms with Crippen molar-refractivity contribution >= 4 is 18.4 Å². The molecule has 3 aromatic rings. The van der Waals surface area contributed by atoms with E-state index < -0.39 is 5.82 Å². The van der Waals surface area contributed by atoms with Crippen molar-refractivity contribution in [2.75, 3.05) is 0 Å². The van der Waals surface area contributed by atoms with Crippen LogP contribution >= 0.6 is 12.2 Å². The molecule has 0 radical (unpaired) electrons. The van der Waals surface area contributed by atoms with Gasteiger partial charge in [0.1, 0.15) is 5.82 Å². The van der Waals surface area contributed by atoms with Gasteiger partial charge in [-0.2, -0.15) is 14.9 Å². The van der Waals surface area contributed by atoms with Crippen molar-refractivity contribution in [3.05, 3.63) is 58.6 Å². The zero-order valence-corrected chi connectivity index (χ0v) is 12.5. The Balaban J connectivity index is 2.02. The molecule has 0 unspecified atom stereocenters. The van der Waals surface area contributed by atoms with Gasteiger partial charge < -0.3 is 10.2 Å². The van der Waals surface area contributed by atoms with Gasteiger partial charge in [0, 0.05) is 0 Å². The summed E-state index contributed by atoms with van der Waals surface area (Å²) in [5, 5.41) is 29.5. The maximum Gasteiger partial charge on any atom is 0.216 e. The second-order valence-electron chi connectivity index (χ2n) is 4.64. The Hall–Kier alpha value is -3.00. The molecule has 116 valence electrons. The number of benzene rings is 2. The number of H-pyrrole nitrogens is 1. The molecule has 3 rings (SSSR count). The summed E-state index contributed by atoms with van der Waals surface area (Å²) in [5.74, 6) is -0.708. The first-order chi connectivity index (χ1) is 11.1. The summed E-state index contributed by atoms with van der Waals surface area (Å²) >= 11 is 5.10. The number of halogens is 1. The third-order valence-corrected chi connectivity index (χ3v) is 3.35. The van der Waals surface area contributed by atoms with Crippen LogP contribution in [-0.2, 0) is 0 Å². The van der Waals surface area contributed by atoms with Gasteiger partial charge in [-0.25, -0.2) is 9.49 Å². The summed E-state index contributed by atoms with van der Waals surface area (Å²) < 4.78 is 15.4. The van der Waals surface area contributed by atoms with E-state index in [1.807, 2.05) is 0 Å². The van der Waals surface area contributed by atoms with Crippen LogP contribution in [0.3, 0.4) is 0 Å². The van der Waals surface area contributed by atoms with E-state index >= 15 is 0 Å². The first-order valence-corrected chi connectivity index (χ1v) is 6.96. The number of hydrogen-bond donors (Lipinski definition) is 3. The number of phenols is 2. The molecule has 0 fully saturated rings. The third kappa shape index (κ3) is 2.97. The van der Waals surface area contributed by atoms with Gasteiger partial charge in [-0.3, -0.25) is 0 Å². The average Bonchev–Trinajstić information content (AvgIpc) is 2.90. The minimum atomic E-state index is -0.444. The van der Waals surface area contributed by atoms with Crippen molar-refractivity contribution in [3.8, 4) is 22.9 Å². The van der Waals surface area contributed by atoms with E-state index in [1.54, 1.807) is 24.3 Å². The van der Waals surface area contributed by atoms with E-state index in [0.717, 1.165) is 0 Å². The van der Waals surface area contributed by atoms with Crippen LogP contribution in [0, 0.1) is 10.6 Å². The summed E-state index contributed by atoms with van der Waals surface area (Å²) in [4.78, 5) is 0. The van der Waals surface area contributed by atoms with Crippen LogP contribution < -0.4 is 0 Å². The molecule has 0 bridgehead atoms. The van der Waals surface area contributed by atoms with Gasteiger partial charge in [-0.05, 0) is 48.1 Å². The Morgan fingerprint density at radius 2 is 1.96 bits per heavy atom. The zero-order valence-electron chi connectivity index (χ0n) is 11.6. The molecule has 0 saturated carbocycles. The number of rotatable bonds is 3. The van der Waals surface area contributed by atoms with Gasteiger partial charge >= 0.3 is 0 Å². The first-order valence-electron chi connectivity index (χ1n) is 6.55. The molecule has 8 heteroatoms. The fraction of sp³-hybridized carbons (Fsp3) is 0. The highest BCUT2D eigenvalue weighted by atomic mass is 32.1. The number of nitrogens with zero attached hydrogens (tertiary/aromatic N) is 3. The van der Waals surface area contributed by atoms with Crippen molar-refractivity contribution in [3.63, 3.8) is 0 Å². The lowest BCUT2D eigenvalue weighted by molar-refractivity contribution is 0.403. The van der Waals surface area contributed by atoms with E-state index in [-0.39, 0.29) is 27.7 Å². The van der Waals surface area contributed by atoms with E-state index in [4.69, 9.17) is 12.2 Å². The number of phenolic OH excluding ortho intramolecular Hbond substituents is 2. The smallest absolute Gasteiger partial charge is 0.216 e. The lowest BCUT2D eigenvalue weighted by Gasteiger charge is -2.02. The molecular weight excluding hydrogens is 319 g/mol. The highest BCUT2D eigenvalue weighted by Crippen LogP contribution is 2.24. The molecule has 1 heterocycles. The van der Waals surface area contributed by atoms with Crippen LogP contribution in [0.25, 0.3) is 11.4 Å². The molecule has 23 heavy (non-hydrogen) atoms. The standard InChI is InChI=1S/C15H11FN4O2S/c16-11-4-2-1-3-10(11)14-18-19-15(23)20(14)17-8-9-5-6-12(21)13(22)7-9/h1-8,21-22H,(H,19,23)/b17-8-. The Morgan fingerprint density at radius 3 is 2.70 bits per heavy atom. The van der Waals surface area contributed by atoms with Crippen molar-refractivity contribution in [2.45, 2.75) is 0 Å². The lowest BCUT2D eigenvalue weighted by Crippen LogP contribution is -1.96. The molecule has 0 aliphatic carbocycles.